The highest BCUT2D eigenvalue weighted by Crippen LogP contribution is 2.37. The lowest BCUT2D eigenvalue weighted by Crippen LogP contribution is -2.21. The molecule has 0 saturated carbocycles. The number of rotatable bonds is 6. The number of aryl methyl sites for hydroxylation is 2. The topological polar surface area (TPSA) is 64.6 Å². The number of fused-ring (bicyclic) bond motifs is 1. The third-order valence-corrected chi connectivity index (χ3v) is 7.08. The molecule has 1 heterocycles. The molecular weight excluding hydrogens is 446 g/mol. The van der Waals surface area contributed by atoms with E-state index >= 15 is 0 Å². The normalized spacial score (nSPS) is 13.2. The minimum absolute atomic E-state index is 0.0507. The first-order valence-electron chi connectivity index (χ1n) is 11.6. The second kappa shape index (κ2) is 10.0. The van der Waals surface area contributed by atoms with E-state index in [4.69, 9.17) is 9.47 Å². The minimum atomic E-state index is -0.469. The lowest BCUT2D eigenvalue weighted by atomic mass is 9.87. The molecule has 6 heteroatoms. The fraction of sp³-hybridized carbons (Fsp3) is 0.357. The average molecular weight is 478 g/mol. The van der Waals surface area contributed by atoms with E-state index in [-0.39, 0.29) is 17.9 Å². The molecule has 0 spiro atoms. The van der Waals surface area contributed by atoms with Crippen LogP contribution < -0.4 is 10.1 Å². The van der Waals surface area contributed by atoms with Crippen LogP contribution in [0.3, 0.4) is 0 Å². The number of hydrogen-bond donors (Lipinski definition) is 1. The van der Waals surface area contributed by atoms with Gasteiger partial charge in [0.1, 0.15) is 16.3 Å². The maximum atomic E-state index is 12.7. The highest BCUT2D eigenvalue weighted by Gasteiger charge is 2.23. The van der Waals surface area contributed by atoms with Gasteiger partial charge < -0.3 is 14.8 Å². The first-order chi connectivity index (χ1) is 16.3. The number of methoxy groups -OCH3 is 1. The van der Waals surface area contributed by atoms with Gasteiger partial charge in [-0.05, 0) is 65.5 Å². The molecule has 34 heavy (non-hydrogen) atoms. The number of thiophene rings is 1. The van der Waals surface area contributed by atoms with Crippen LogP contribution in [0.5, 0.6) is 5.75 Å². The van der Waals surface area contributed by atoms with Gasteiger partial charge in [0.05, 0.1) is 7.11 Å². The molecule has 0 saturated heterocycles. The first kappa shape index (κ1) is 24.0. The van der Waals surface area contributed by atoms with Crippen LogP contribution in [0, 0.1) is 0 Å². The van der Waals surface area contributed by atoms with Crippen molar-refractivity contribution in [3.05, 3.63) is 70.1 Å². The molecule has 0 unspecified atom stereocenters. The molecule has 4 rings (SSSR count). The van der Waals surface area contributed by atoms with E-state index in [0.29, 0.717) is 16.3 Å². The number of anilines is 1. The molecule has 178 valence electrons. The summed E-state index contributed by atoms with van der Waals surface area (Å²) in [5, 5.41) is 5.21. The van der Waals surface area contributed by atoms with Gasteiger partial charge in [0.15, 0.2) is 6.61 Å². The molecule has 1 aliphatic rings. The van der Waals surface area contributed by atoms with E-state index in [1.807, 2.05) is 29.6 Å². The van der Waals surface area contributed by atoms with Crippen molar-refractivity contribution in [3.63, 3.8) is 0 Å². The summed E-state index contributed by atoms with van der Waals surface area (Å²) in [5.74, 6) is -0.177. The van der Waals surface area contributed by atoms with Crippen molar-refractivity contribution in [2.75, 3.05) is 19.0 Å². The number of amides is 1. The molecule has 3 aromatic rings. The molecule has 2 aromatic carbocycles. The van der Waals surface area contributed by atoms with Crippen LogP contribution >= 0.6 is 11.3 Å². The maximum absolute atomic E-state index is 12.7. The van der Waals surface area contributed by atoms with Crippen LogP contribution in [0.15, 0.2) is 47.8 Å². The van der Waals surface area contributed by atoms with Gasteiger partial charge in [-0.25, -0.2) is 4.79 Å². The Morgan fingerprint density at radius 3 is 2.38 bits per heavy atom. The van der Waals surface area contributed by atoms with Crippen molar-refractivity contribution in [3.8, 4) is 16.9 Å². The molecule has 1 aliphatic carbocycles. The van der Waals surface area contributed by atoms with E-state index in [9.17, 15) is 9.59 Å². The highest BCUT2D eigenvalue weighted by atomic mass is 32.1. The first-order valence-corrected chi connectivity index (χ1v) is 12.5. The van der Waals surface area contributed by atoms with Crippen LogP contribution in [-0.2, 0) is 27.8 Å². The predicted octanol–water partition coefficient (Wildman–Crippen LogP) is 6.40. The summed E-state index contributed by atoms with van der Waals surface area (Å²) in [6.45, 7) is 6.29. The monoisotopic (exact) mass is 477 g/mol. The van der Waals surface area contributed by atoms with Gasteiger partial charge in [0.2, 0.25) is 0 Å². The SMILES string of the molecule is COC(=O)c1c(-c2ccc3c(c2)CCCC3)csc1NC(=O)COc1ccc(C(C)(C)C)cc1. The van der Waals surface area contributed by atoms with Gasteiger partial charge >= 0.3 is 5.97 Å². The Balaban J connectivity index is 1.49. The fourth-order valence-electron chi connectivity index (χ4n) is 4.23. The maximum Gasteiger partial charge on any atom is 0.341 e. The van der Waals surface area contributed by atoms with Crippen molar-refractivity contribution < 1.29 is 19.1 Å². The van der Waals surface area contributed by atoms with Gasteiger partial charge in [-0.3, -0.25) is 4.79 Å². The van der Waals surface area contributed by atoms with E-state index < -0.39 is 5.97 Å². The minimum Gasteiger partial charge on any atom is -0.484 e. The molecule has 0 aliphatic heterocycles. The van der Waals surface area contributed by atoms with E-state index in [0.717, 1.165) is 24.0 Å². The van der Waals surface area contributed by atoms with Gasteiger partial charge in [0, 0.05) is 10.9 Å². The Morgan fingerprint density at radius 2 is 1.71 bits per heavy atom. The van der Waals surface area contributed by atoms with Crippen LogP contribution in [-0.4, -0.2) is 25.6 Å². The van der Waals surface area contributed by atoms with E-state index in [2.05, 4.69) is 44.3 Å². The van der Waals surface area contributed by atoms with E-state index in [1.165, 1.54) is 48.0 Å². The summed E-state index contributed by atoms with van der Waals surface area (Å²) in [4.78, 5) is 25.3. The molecule has 5 nitrogen and oxygen atoms in total. The van der Waals surface area contributed by atoms with Crippen LogP contribution in [0.1, 0.15) is 60.7 Å². The number of benzene rings is 2. The smallest absolute Gasteiger partial charge is 0.341 e. The lowest BCUT2D eigenvalue weighted by molar-refractivity contribution is -0.118. The summed E-state index contributed by atoms with van der Waals surface area (Å²) < 4.78 is 10.7. The number of carbonyl (C=O) groups is 2. The lowest BCUT2D eigenvalue weighted by Gasteiger charge is -2.19. The number of esters is 1. The zero-order valence-electron chi connectivity index (χ0n) is 20.2. The molecular formula is C28H31NO4S. The van der Waals surface area contributed by atoms with E-state index in [1.54, 1.807) is 0 Å². The Labute approximate surface area is 205 Å². The third-order valence-electron chi connectivity index (χ3n) is 6.18. The van der Waals surface area contributed by atoms with Crippen LogP contribution in [0.25, 0.3) is 11.1 Å². The Hall–Kier alpha value is -3.12. The highest BCUT2D eigenvalue weighted by molar-refractivity contribution is 7.15. The Morgan fingerprint density at radius 1 is 1.00 bits per heavy atom. The van der Waals surface area contributed by atoms with Gasteiger partial charge in [-0.1, -0.05) is 51.1 Å². The fourth-order valence-corrected chi connectivity index (χ4v) is 5.20. The number of hydrogen-bond acceptors (Lipinski definition) is 5. The summed E-state index contributed by atoms with van der Waals surface area (Å²) in [6, 6.07) is 14.1. The van der Waals surface area contributed by atoms with Crippen LogP contribution in [0.2, 0.25) is 0 Å². The second-order valence-electron chi connectivity index (χ2n) is 9.65. The molecule has 1 amide bonds. The third kappa shape index (κ3) is 5.33. The summed E-state index contributed by atoms with van der Waals surface area (Å²) >= 11 is 1.32. The van der Waals surface area contributed by atoms with Gasteiger partial charge in [0.25, 0.3) is 5.91 Å². The summed E-state index contributed by atoms with van der Waals surface area (Å²) in [6.07, 6.45) is 4.56. The molecule has 1 N–H and O–H groups in total. The number of nitrogens with one attached hydrogen (secondary N) is 1. The molecule has 0 atom stereocenters. The van der Waals surface area contributed by atoms with Crippen molar-refractivity contribution in [1.29, 1.82) is 0 Å². The molecule has 0 bridgehead atoms. The van der Waals surface area contributed by atoms with Crippen molar-refractivity contribution in [2.45, 2.75) is 51.9 Å². The molecule has 0 radical (unpaired) electrons. The van der Waals surface area contributed by atoms with Crippen molar-refractivity contribution in [1.82, 2.24) is 0 Å². The number of carbonyl (C=O) groups excluding carboxylic acids is 2. The average Bonchev–Trinajstić information content (AvgIpc) is 3.25. The predicted molar refractivity (Wildman–Crippen MR) is 137 cm³/mol. The summed E-state index contributed by atoms with van der Waals surface area (Å²) in [7, 11) is 1.35. The Bertz CT molecular complexity index is 1190. The zero-order chi connectivity index (χ0) is 24.3. The summed E-state index contributed by atoms with van der Waals surface area (Å²) in [5.41, 5.74) is 6.08. The Kier molecular flexibility index (Phi) is 7.08. The van der Waals surface area contributed by atoms with Crippen LogP contribution in [0.4, 0.5) is 5.00 Å². The number of ether oxygens (including phenoxy) is 2. The zero-order valence-corrected chi connectivity index (χ0v) is 21.0. The van der Waals surface area contributed by atoms with Crippen molar-refractivity contribution in [2.24, 2.45) is 0 Å². The van der Waals surface area contributed by atoms with Gasteiger partial charge in [-0.2, -0.15) is 0 Å². The quantitative estimate of drug-likeness (QED) is 0.418. The molecule has 0 fully saturated rings. The van der Waals surface area contributed by atoms with Gasteiger partial charge in [-0.15, -0.1) is 11.3 Å². The molecule has 1 aromatic heterocycles. The second-order valence-corrected chi connectivity index (χ2v) is 10.5. The standard InChI is InChI=1S/C28H31NO4S/c1-28(2,3)21-11-13-22(14-12-21)33-16-24(30)29-26-25(27(31)32-4)23(17-34-26)20-10-9-18-7-5-6-8-19(18)15-20/h9-15,17H,5-8,16H2,1-4H3,(H,29,30). The van der Waals surface area contributed by atoms with Crippen molar-refractivity contribution >= 4 is 28.2 Å². The largest absolute Gasteiger partial charge is 0.484 e.